The molecule has 0 N–H and O–H groups in total. The Bertz CT molecular complexity index is 121. The molecule has 7 heavy (non-hydrogen) atoms. The minimum Gasteiger partial charge on any atom is -0.311 e. The van der Waals surface area contributed by atoms with E-state index < -0.39 is 0 Å². The van der Waals surface area contributed by atoms with Gasteiger partial charge < -0.3 is 4.57 Å². The van der Waals surface area contributed by atoms with Crippen LogP contribution in [0.15, 0.2) is 6.33 Å². The summed E-state index contributed by atoms with van der Waals surface area (Å²) < 4.78 is 1.78. The Labute approximate surface area is 42.0 Å². The SMILES string of the molecule is CCn1[c]nnc1. The summed E-state index contributed by atoms with van der Waals surface area (Å²) in [6, 6.07) is 0. The number of nitrogens with zero attached hydrogens (tertiary/aromatic N) is 3. The molecular weight excluding hydrogens is 90.1 g/mol. The van der Waals surface area contributed by atoms with Gasteiger partial charge >= 0.3 is 0 Å². The van der Waals surface area contributed by atoms with Crippen LogP contribution >= 0.6 is 0 Å². The number of hydrogen-bond donors (Lipinski definition) is 0. The first-order valence-electron chi connectivity index (χ1n) is 2.19. The van der Waals surface area contributed by atoms with Gasteiger partial charge in [-0.15, -0.1) is 10.2 Å². The van der Waals surface area contributed by atoms with E-state index in [1.165, 1.54) is 0 Å². The lowest BCUT2D eigenvalue weighted by Crippen LogP contribution is -1.87. The summed E-state index contributed by atoms with van der Waals surface area (Å²) >= 11 is 0. The summed E-state index contributed by atoms with van der Waals surface area (Å²) in [5, 5.41) is 7.03. The van der Waals surface area contributed by atoms with Crippen molar-refractivity contribution in [1.82, 2.24) is 14.8 Å². The van der Waals surface area contributed by atoms with Gasteiger partial charge in [-0.25, -0.2) is 0 Å². The van der Waals surface area contributed by atoms with Crippen LogP contribution in [0.1, 0.15) is 6.92 Å². The molecule has 37 valence electrons. The molecule has 0 bridgehead atoms. The second kappa shape index (κ2) is 1.73. The van der Waals surface area contributed by atoms with Crippen molar-refractivity contribution in [3.8, 4) is 0 Å². The molecule has 0 spiro atoms. The predicted molar refractivity (Wildman–Crippen MR) is 24.5 cm³/mol. The van der Waals surface area contributed by atoms with Crippen LogP contribution in [0.2, 0.25) is 0 Å². The highest BCUT2D eigenvalue weighted by Crippen LogP contribution is 1.75. The Morgan fingerprint density at radius 2 is 2.71 bits per heavy atom. The Kier molecular flexibility index (Phi) is 1.06. The number of aryl methyl sites for hydroxylation is 1. The number of rotatable bonds is 1. The summed E-state index contributed by atoms with van der Waals surface area (Å²) in [6.45, 7) is 2.91. The quantitative estimate of drug-likeness (QED) is 0.496. The maximum atomic E-state index is 3.55. The lowest BCUT2D eigenvalue weighted by atomic mass is 10.7. The van der Waals surface area contributed by atoms with Crippen LogP contribution in [0, 0.1) is 6.33 Å². The molecule has 1 radical (unpaired) electrons. The molecule has 3 nitrogen and oxygen atoms in total. The largest absolute Gasteiger partial charge is 0.311 e. The standard InChI is InChI=1S/C4H6N3/c1-2-7-3-5-6-4-7/h3H,2H2,1H3. The van der Waals surface area contributed by atoms with Crippen molar-refractivity contribution in [1.29, 1.82) is 0 Å². The van der Waals surface area contributed by atoms with Crippen LogP contribution in [0.25, 0.3) is 0 Å². The first-order valence-corrected chi connectivity index (χ1v) is 2.19. The molecule has 1 heterocycles. The summed E-state index contributed by atoms with van der Waals surface area (Å²) in [5.41, 5.74) is 0. The van der Waals surface area contributed by atoms with Gasteiger partial charge in [0.2, 0.25) is 6.33 Å². The average molecular weight is 96.1 g/mol. The molecule has 0 aliphatic carbocycles. The molecule has 0 aliphatic rings. The minimum absolute atomic E-state index is 0.896. The summed E-state index contributed by atoms with van der Waals surface area (Å²) in [7, 11) is 0. The zero-order valence-corrected chi connectivity index (χ0v) is 4.13. The van der Waals surface area contributed by atoms with Crippen molar-refractivity contribution >= 4 is 0 Å². The van der Waals surface area contributed by atoms with Gasteiger partial charge in [-0.05, 0) is 6.92 Å². The Morgan fingerprint density at radius 3 is 3.00 bits per heavy atom. The van der Waals surface area contributed by atoms with Crippen LogP contribution in [-0.2, 0) is 6.54 Å². The maximum absolute atomic E-state index is 3.55. The van der Waals surface area contributed by atoms with Gasteiger partial charge in [-0.3, -0.25) is 0 Å². The summed E-state index contributed by atoms with van der Waals surface area (Å²) in [4.78, 5) is 0. The fourth-order valence-corrected chi connectivity index (χ4v) is 0.350. The maximum Gasteiger partial charge on any atom is 0.201 e. The molecule has 0 saturated heterocycles. The van der Waals surface area contributed by atoms with Crippen molar-refractivity contribution in [2.75, 3.05) is 0 Å². The van der Waals surface area contributed by atoms with Gasteiger partial charge in [0, 0.05) is 6.54 Å². The molecule has 0 amide bonds. The van der Waals surface area contributed by atoms with E-state index in [2.05, 4.69) is 16.5 Å². The molecule has 0 atom stereocenters. The minimum atomic E-state index is 0.896. The van der Waals surface area contributed by atoms with Crippen molar-refractivity contribution in [3.63, 3.8) is 0 Å². The topological polar surface area (TPSA) is 30.7 Å². The fraction of sp³-hybridized carbons (Fsp3) is 0.500. The van der Waals surface area contributed by atoms with E-state index >= 15 is 0 Å². The second-order valence-electron chi connectivity index (χ2n) is 1.22. The second-order valence-corrected chi connectivity index (χ2v) is 1.22. The lowest BCUT2D eigenvalue weighted by molar-refractivity contribution is 0.752. The van der Waals surface area contributed by atoms with E-state index in [1.807, 2.05) is 6.92 Å². The molecule has 0 fully saturated rings. The predicted octanol–water partition coefficient (Wildman–Crippen LogP) is 0.0982. The van der Waals surface area contributed by atoms with Crippen LogP contribution in [-0.4, -0.2) is 14.8 Å². The van der Waals surface area contributed by atoms with Gasteiger partial charge in [0.15, 0.2) is 0 Å². The van der Waals surface area contributed by atoms with E-state index in [0.29, 0.717) is 0 Å². The van der Waals surface area contributed by atoms with E-state index in [9.17, 15) is 0 Å². The van der Waals surface area contributed by atoms with Crippen molar-refractivity contribution in [3.05, 3.63) is 12.7 Å². The van der Waals surface area contributed by atoms with Gasteiger partial charge in [0.05, 0.1) is 0 Å². The molecular formula is C4H6N3. The third-order valence-corrected chi connectivity index (χ3v) is 0.763. The van der Waals surface area contributed by atoms with E-state index in [-0.39, 0.29) is 0 Å². The Balaban J connectivity index is 2.76. The smallest absolute Gasteiger partial charge is 0.201 e. The molecule has 0 aromatic carbocycles. The molecule has 1 rings (SSSR count). The number of hydrogen-bond acceptors (Lipinski definition) is 2. The van der Waals surface area contributed by atoms with E-state index in [1.54, 1.807) is 10.9 Å². The van der Waals surface area contributed by atoms with Crippen molar-refractivity contribution in [2.45, 2.75) is 13.5 Å². The molecule has 1 aromatic heterocycles. The fourth-order valence-electron chi connectivity index (χ4n) is 0.350. The van der Waals surface area contributed by atoms with Crippen molar-refractivity contribution in [2.24, 2.45) is 0 Å². The average Bonchev–Trinajstić information content (AvgIpc) is 2.14. The number of aromatic nitrogens is 3. The van der Waals surface area contributed by atoms with Gasteiger partial charge in [0.1, 0.15) is 6.33 Å². The van der Waals surface area contributed by atoms with Gasteiger partial charge in [-0.2, -0.15) is 0 Å². The van der Waals surface area contributed by atoms with Crippen LogP contribution < -0.4 is 0 Å². The molecule has 1 aromatic rings. The van der Waals surface area contributed by atoms with Gasteiger partial charge in [0.25, 0.3) is 0 Å². The van der Waals surface area contributed by atoms with E-state index in [4.69, 9.17) is 0 Å². The summed E-state index contributed by atoms with van der Waals surface area (Å²) in [6.07, 6.45) is 4.28. The highest BCUT2D eigenvalue weighted by atomic mass is 15.2. The van der Waals surface area contributed by atoms with Crippen LogP contribution in [0.3, 0.4) is 0 Å². The first kappa shape index (κ1) is 4.30. The Morgan fingerprint density at radius 1 is 1.86 bits per heavy atom. The lowest BCUT2D eigenvalue weighted by Gasteiger charge is -1.84. The molecule has 3 heteroatoms. The first-order chi connectivity index (χ1) is 3.43. The summed E-state index contributed by atoms with van der Waals surface area (Å²) in [5.74, 6) is 0. The van der Waals surface area contributed by atoms with E-state index in [0.717, 1.165) is 6.54 Å². The third-order valence-electron chi connectivity index (χ3n) is 0.763. The Hall–Kier alpha value is -0.860. The molecule has 0 saturated carbocycles. The normalized spacial score (nSPS) is 9.29. The highest BCUT2D eigenvalue weighted by molar-refractivity contribution is 4.53. The zero-order valence-electron chi connectivity index (χ0n) is 4.13. The zero-order chi connectivity index (χ0) is 5.11. The van der Waals surface area contributed by atoms with Crippen LogP contribution in [0.4, 0.5) is 0 Å². The van der Waals surface area contributed by atoms with Gasteiger partial charge in [-0.1, -0.05) is 0 Å². The molecule has 0 unspecified atom stereocenters. The van der Waals surface area contributed by atoms with Crippen molar-refractivity contribution < 1.29 is 0 Å². The molecule has 0 aliphatic heterocycles. The highest BCUT2D eigenvalue weighted by Gasteiger charge is 1.80. The van der Waals surface area contributed by atoms with Crippen LogP contribution in [0.5, 0.6) is 0 Å². The monoisotopic (exact) mass is 96.1 g/mol. The third kappa shape index (κ3) is 0.765.